The van der Waals surface area contributed by atoms with Crippen LogP contribution in [0.3, 0.4) is 0 Å². The third kappa shape index (κ3) is 2.80. The minimum atomic E-state index is -0.546. The maximum Gasteiger partial charge on any atom is 0.240 e. The number of halogens is 1. The summed E-state index contributed by atoms with van der Waals surface area (Å²) in [5.74, 6) is -0.00174. The minimum absolute atomic E-state index is 0.00174. The Labute approximate surface area is 101 Å². The summed E-state index contributed by atoms with van der Waals surface area (Å²) in [5, 5.41) is 4.91. The molecule has 1 aromatic heterocycles. The average Bonchev–Trinajstić information content (AvgIpc) is 2.81. The van der Waals surface area contributed by atoms with Gasteiger partial charge in [0.05, 0.1) is 5.54 Å². The molecule has 3 nitrogen and oxygen atoms in total. The second-order valence-electron chi connectivity index (χ2n) is 3.89. The molecule has 0 aliphatic heterocycles. The van der Waals surface area contributed by atoms with E-state index in [1.807, 2.05) is 5.38 Å². The summed E-state index contributed by atoms with van der Waals surface area (Å²) in [4.78, 5) is 12.7. The second kappa shape index (κ2) is 4.23. The fourth-order valence-corrected chi connectivity index (χ4v) is 2.78. The van der Waals surface area contributed by atoms with Crippen molar-refractivity contribution in [2.45, 2.75) is 24.8 Å². The van der Waals surface area contributed by atoms with Crippen molar-refractivity contribution in [3.05, 3.63) is 20.8 Å². The Balaban J connectivity index is 1.73. The molecule has 0 bridgehead atoms. The van der Waals surface area contributed by atoms with Crippen molar-refractivity contribution in [2.24, 2.45) is 5.73 Å². The van der Waals surface area contributed by atoms with E-state index in [0.29, 0.717) is 6.54 Å². The van der Waals surface area contributed by atoms with E-state index in [1.165, 1.54) is 4.88 Å². The molecule has 1 fully saturated rings. The highest BCUT2D eigenvalue weighted by molar-refractivity contribution is 9.10. The molecule has 15 heavy (non-hydrogen) atoms. The molecule has 0 radical (unpaired) electrons. The van der Waals surface area contributed by atoms with Gasteiger partial charge in [0, 0.05) is 21.3 Å². The molecule has 82 valence electrons. The molecule has 1 heterocycles. The van der Waals surface area contributed by atoms with E-state index in [2.05, 4.69) is 27.3 Å². The Bertz CT molecular complexity index is 373. The molecule has 0 saturated heterocycles. The van der Waals surface area contributed by atoms with Crippen LogP contribution in [0.15, 0.2) is 15.9 Å². The number of rotatable bonds is 4. The van der Waals surface area contributed by atoms with E-state index in [0.717, 1.165) is 23.7 Å². The van der Waals surface area contributed by atoms with Crippen LogP contribution in [0.2, 0.25) is 0 Å². The maximum absolute atomic E-state index is 11.5. The lowest BCUT2D eigenvalue weighted by molar-refractivity contribution is -0.123. The lowest BCUT2D eigenvalue weighted by atomic mass is 10.2. The van der Waals surface area contributed by atoms with Crippen molar-refractivity contribution in [1.29, 1.82) is 0 Å². The molecule has 0 atom stereocenters. The quantitative estimate of drug-likeness (QED) is 0.885. The van der Waals surface area contributed by atoms with Gasteiger partial charge < -0.3 is 11.1 Å². The van der Waals surface area contributed by atoms with Gasteiger partial charge in [-0.1, -0.05) is 0 Å². The van der Waals surface area contributed by atoms with Gasteiger partial charge in [-0.05, 0) is 41.3 Å². The van der Waals surface area contributed by atoms with Crippen LogP contribution < -0.4 is 11.1 Å². The fraction of sp³-hybridized carbons (Fsp3) is 0.500. The van der Waals surface area contributed by atoms with Crippen molar-refractivity contribution in [3.8, 4) is 0 Å². The smallest absolute Gasteiger partial charge is 0.240 e. The van der Waals surface area contributed by atoms with Crippen LogP contribution in [-0.2, 0) is 11.2 Å². The first-order valence-electron chi connectivity index (χ1n) is 4.90. The summed E-state index contributed by atoms with van der Waals surface area (Å²) < 4.78 is 1.10. The van der Waals surface area contributed by atoms with E-state index in [9.17, 15) is 4.79 Å². The lowest BCUT2D eigenvalue weighted by Crippen LogP contribution is -2.43. The maximum atomic E-state index is 11.5. The van der Waals surface area contributed by atoms with Crippen LogP contribution in [0.1, 0.15) is 17.7 Å². The van der Waals surface area contributed by atoms with Crippen LogP contribution in [0, 0.1) is 0 Å². The highest BCUT2D eigenvalue weighted by Gasteiger charge is 2.45. The zero-order chi connectivity index (χ0) is 10.9. The average molecular weight is 289 g/mol. The van der Waals surface area contributed by atoms with Gasteiger partial charge in [-0.25, -0.2) is 0 Å². The van der Waals surface area contributed by atoms with Crippen LogP contribution in [-0.4, -0.2) is 18.0 Å². The monoisotopic (exact) mass is 288 g/mol. The first-order valence-corrected chi connectivity index (χ1v) is 6.57. The number of nitrogens with two attached hydrogens (primary N) is 1. The Morgan fingerprint density at radius 1 is 1.67 bits per heavy atom. The molecule has 5 heteroatoms. The highest BCUT2D eigenvalue weighted by atomic mass is 79.9. The Hall–Kier alpha value is -0.390. The molecule has 0 unspecified atom stereocenters. The standard InChI is InChI=1S/C10H13BrN2OS/c11-7-5-8(15-6-7)1-4-13-9(14)10(12)2-3-10/h5-6H,1-4,12H2,(H,13,14). The summed E-state index contributed by atoms with van der Waals surface area (Å²) >= 11 is 5.09. The Morgan fingerprint density at radius 2 is 2.40 bits per heavy atom. The molecule has 1 amide bonds. The molecule has 1 aromatic rings. The van der Waals surface area contributed by atoms with E-state index >= 15 is 0 Å². The largest absolute Gasteiger partial charge is 0.354 e. The second-order valence-corrected chi connectivity index (χ2v) is 5.80. The van der Waals surface area contributed by atoms with E-state index in [4.69, 9.17) is 5.73 Å². The lowest BCUT2D eigenvalue weighted by Gasteiger charge is -2.08. The van der Waals surface area contributed by atoms with Crippen molar-refractivity contribution < 1.29 is 4.79 Å². The van der Waals surface area contributed by atoms with Gasteiger partial charge in [0.15, 0.2) is 0 Å². The molecule has 1 saturated carbocycles. The topological polar surface area (TPSA) is 55.1 Å². The van der Waals surface area contributed by atoms with Crippen molar-refractivity contribution in [1.82, 2.24) is 5.32 Å². The number of carbonyl (C=O) groups excluding carboxylic acids is 1. The van der Waals surface area contributed by atoms with Crippen LogP contribution in [0.4, 0.5) is 0 Å². The van der Waals surface area contributed by atoms with Gasteiger partial charge >= 0.3 is 0 Å². The van der Waals surface area contributed by atoms with Gasteiger partial charge in [0.2, 0.25) is 5.91 Å². The van der Waals surface area contributed by atoms with Crippen LogP contribution in [0.5, 0.6) is 0 Å². The first-order chi connectivity index (χ1) is 7.10. The Kier molecular flexibility index (Phi) is 3.13. The zero-order valence-electron chi connectivity index (χ0n) is 8.25. The van der Waals surface area contributed by atoms with E-state index in [-0.39, 0.29) is 5.91 Å². The molecular formula is C10H13BrN2OS. The SMILES string of the molecule is NC1(C(=O)NCCc2cc(Br)cs2)CC1. The molecule has 1 aliphatic rings. The molecule has 0 aromatic carbocycles. The van der Waals surface area contributed by atoms with E-state index in [1.54, 1.807) is 11.3 Å². The third-order valence-corrected chi connectivity index (χ3v) is 4.28. The van der Waals surface area contributed by atoms with Crippen LogP contribution in [0.25, 0.3) is 0 Å². The summed E-state index contributed by atoms with van der Waals surface area (Å²) in [5.41, 5.74) is 5.21. The van der Waals surface area contributed by atoms with Crippen molar-refractivity contribution in [2.75, 3.05) is 6.54 Å². The highest BCUT2D eigenvalue weighted by Crippen LogP contribution is 2.32. The normalized spacial score (nSPS) is 17.5. The molecule has 3 N–H and O–H groups in total. The predicted octanol–water partition coefficient (Wildman–Crippen LogP) is 1.66. The van der Waals surface area contributed by atoms with Gasteiger partial charge in [0.25, 0.3) is 0 Å². The number of hydrogen-bond acceptors (Lipinski definition) is 3. The van der Waals surface area contributed by atoms with Gasteiger partial charge in [-0.15, -0.1) is 11.3 Å². The van der Waals surface area contributed by atoms with Crippen molar-refractivity contribution >= 4 is 33.2 Å². The molecule has 2 rings (SSSR count). The molecule has 0 spiro atoms. The summed E-state index contributed by atoms with van der Waals surface area (Å²) in [6, 6.07) is 2.08. The molecule has 1 aliphatic carbocycles. The number of amides is 1. The third-order valence-electron chi connectivity index (χ3n) is 2.52. The summed E-state index contributed by atoms with van der Waals surface area (Å²) in [6.07, 6.45) is 2.52. The van der Waals surface area contributed by atoms with E-state index < -0.39 is 5.54 Å². The number of hydrogen-bond donors (Lipinski definition) is 2. The van der Waals surface area contributed by atoms with Crippen molar-refractivity contribution in [3.63, 3.8) is 0 Å². The zero-order valence-corrected chi connectivity index (χ0v) is 10.7. The summed E-state index contributed by atoms with van der Waals surface area (Å²) in [6.45, 7) is 0.671. The minimum Gasteiger partial charge on any atom is -0.354 e. The van der Waals surface area contributed by atoms with Gasteiger partial charge in [-0.3, -0.25) is 4.79 Å². The Morgan fingerprint density at radius 3 is 2.93 bits per heavy atom. The molecular weight excluding hydrogens is 276 g/mol. The number of thiophene rings is 1. The predicted molar refractivity (Wildman–Crippen MR) is 64.9 cm³/mol. The van der Waals surface area contributed by atoms with Gasteiger partial charge in [-0.2, -0.15) is 0 Å². The van der Waals surface area contributed by atoms with Crippen LogP contribution >= 0.6 is 27.3 Å². The number of nitrogens with one attached hydrogen (secondary N) is 1. The first kappa shape index (κ1) is 11.1. The van der Waals surface area contributed by atoms with Gasteiger partial charge in [0.1, 0.15) is 0 Å². The number of carbonyl (C=O) groups is 1. The fourth-order valence-electron chi connectivity index (χ4n) is 1.32. The summed E-state index contributed by atoms with van der Waals surface area (Å²) in [7, 11) is 0.